The van der Waals surface area contributed by atoms with Crippen LogP contribution in [0.25, 0.3) is 44.3 Å². The predicted molar refractivity (Wildman–Crippen MR) is 315 cm³/mol. The van der Waals surface area contributed by atoms with Crippen molar-refractivity contribution in [1.29, 1.82) is 0 Å². The number of rotatable bonds is 19. The zero-order chi connectivity index (χ0) is 52.9. The van der Waals surface area contributed by atoms with Crippen molar-refractivity contribution in [1.82, 2.24) is 14.0 Å². The first kappa shape index (κ1) is 52.5. The van der Waals surface area contributed by atoms with Gasteiger partial charge in [-0.3, -0.25) is 4.90 Å². The van der Waals surface area contributed by atoms with Gasteiger partial charge in [0.25, 0.3) is 0 Å². The lowest BCUT2D eigenvalue weighted by atomic mass is 10.1. The van der Waals surface area contributed by atoms with Gasteiger partial charge in [0.15, 0.2) is 0 Å². The normalized spacial score (nSPS) is 12.6. The molecule has 0 bridgehead atoms. The molecule has 1 aliphatic rings. The number of piperidine rings is 1. The average molecular weight is 1090 g/mol. The summed E-state index contributed by atoms with van der Waals surface area (Å²) in [4.78, 5) is 2.49. The molecular weight excluding hydrogens is 1020 g/mol. The Kier molecular flexibility index (Phi) is 17.2. The third kappa shape index (κ3) is 13.2. The molecule has 0 atom stereocenters. The van der Waals surface area contributed by atoms with E-state index < -0.39 is 0 Å². The SMILES string of the molecule is Cc1c(-c2ccc(O)cc2)n(Cc2ccc(OCCN3CCCCC3)cc2)c2ccc(O)cc12.Cc1c(-c2ccc(OCc3ccccc3)cc2)n(Cc2ccc(OCCBr)cc2)c2ccc(OCc3ccccc3)cc12. The number of likely N-dealkylation sites (tertiary alicyclic amines) is 1. The van der Waals surface area contributed by atoms with Gasteiger partial charge >= 0.3 is 0 Å². The second-order valence-corrected chi connectivity index (χ2v) is 20.5. The number of hydrogen-bond acceptors (Lipinski definition) is 7. The molecule has 3 heterocycles. The molecule has 11 rings (SSSR count). The number of hydrogen-bond donors (Lipinski definition) is 2. The Morgan fingerprint density at radius 3 is 1.42 bits per heavy atom. The Hall–Kier alpha value is -7.92. The molecule has 77 heavy (non-hydrogen) atoms. The number of nitrogens with zero attached hydrogens (tertiary/aromatic N) is 3. The fourth-order valence-electron chi connectivity index (χ4n) is 10.4. The zero-order valence-electron chi connectivity index (χ0n) is 43.9. The van der Waals surface area contributed by atoms with Crippen molar-refractivity contribution < 1.29 is 29.2 Å². The molecule has 2 aromatic heterocycles. The molecule has 392 valence electrons. The predicted octanol–water partition coefficient (Wildman–Crippen LogP) is 15.5. The van der Waals surface area contributed by atoms with E-state index in [1.54, 1.807) is 18.2 Å². The summed E-state index contributed by atoms with van der Waals surface area (Å²) in [6.45, 7) is 11.5. The highest BCUT2D eigenvalue weighted by Crippen LogP contribution is 2.39. The molecule has 1 aliphatic heterocycles. The van der Waals surface area contributed by atoms with Gasteiger partial charge < -0.3 is 38.3 Å². The van der Waals surface area contributed by atoms with Crippen LogP contribution < -0.4 is 18.9 Å². The molecule has 1 saturated heterocycles. The van der Waals surface area contributed by atoms with Crippen molar-refractivity contribution in [2.75, 3.05) is 38.2 Å². The second kappa shape index (κ2) is 25.3. The standard InChI is InChI=1S/C38H34BrNO3.C29H32N2O3/c1-28-36-24-35(43-27-31-10-6-3-7-11-31)20-21-37(36)40(25-29-12-16-33(17-13-29)41-23-22-39)38(28)32-14-18-34(19-15-32)42-26-30-8-4-2-5-9-30;1-21-27-19-25(33)11-14-28(27)31(29(21)23-7-9-24(32)10-8-23)20-22-5-12-26(13-6-22)34-18-17-30-15-3-2-4-16-30/h2-21,24H,22-23,25-27H2,1H3;5-14,19,32-33H,2-4,15-18,20H2,1H3. The Labute approximate surface area is 460 Å². The topological polar surface area (TPSA) is 90.5 Å². The third-order valence-corrected chi connectivity index (χ3v) is 14.7. The Balaban J connectivity index is 0.000000179. The molecule has 0 radical (unpaired) electrons. The van der Waals surface area contributed by atoms with Gasteiger partial charge in [0.1, 0.15) is 54.3 Å². The maximum Gasteiger partial charge on any atom is 0.120 e. The van der Waals surface area contributed by atoms with Crippen LogP contribution in [0, 0.1) is 13.8 Å². The fourth-order valence-corrected chi connectivity index (χ4v) is 10.5. The summed E-state index contributed by atoms with van der Waals surface area (Å²) < 4.78 is 28.8. The molecule has 0 saturated carbocycles. The molecule has 1 fully saturated rings. The zero-order valence-corrected chi connectivity index (χ0v) is 45.5. The van der Waals surface area contributed by atoms with Gasteiger partial charge in [-0.2, -0.15) is 0 Å². The number of aryl methyl sites for hydroxylation is 2. The van der Waals surface area contributed by atoms with E-state index in [1.807, 2.05) is 72.8 Å². The van der Waals surface area contributed by atoms with Gasteiger partial charge in [0.2, 0.25) is 0 Å². The quantitative estimate of drug-likeness (QED) is 0.0780. The summed E-state index contributed by atoms with van der Waals surface area (Å²) in [5.74, 6) is 4.00. The number of benzene rings is 8. The second-order valence-electron chi connectivity index (χ2n) is 19.7. The first-order chi connectivity index (χ1) is 37.8. The van der Waals surface area contributed by atoms with Gasteiger partial charge in [0, 0.05) is 46.8 Å². The van der Waals surface area contributed by atoms with Crippen LogP contribution in [-0.2, 0) is 26.3 Å². The lowest BCUT2D eigenvalue weighted by Gasteiger charge is -2.26. The highest BCUT2D eigenvalue weighted by molar-refractivity contribution is 9.09. The Morgan fingerprint density at radius 2 is 0.870 bits per heavy atom. The average Bonchev–Trinajstić information content (AvgIpc) is 4.00. The Bertz CT molecular complexity index is 3480. The largest absolute Gasteiger partial charge is 0.508 e. The monoisotopic (exact) mass is 1090 g/mol. The lowest BCUT2D eigenvalue weighted by Crippen LogP contribution is -2.33. The maximum absolute atomic E-state index is 10.1. The van der Waals surface area contributed by atoms with Gasteiger partial charge in [-0.25, -0.2) is 0 Å². The van der Waals surface area contributed by atoms with E-state index >= 15 is 0 Å². The molecule has 10 aromatic rings. The van der Waals surface area contributed by atoms with Crippen LogP contribution in [-0.4, -0.2) is 62.4 Å². The van der Waals surface area contributed by atoms with Crippen molar-refractivity contribution in [3.63, 3.8) is 0 Å². The van der Waals surface area contributed by atoms with Crippen molar-refractivity contribution in [3.05, 3.63) is 228 Å². The van der Waals surface area contributed by atoms with Crippen LogP contribution in [0.15, 0.2) is 194 Å². The minimum Gasteiger partial charge on any atom is -0.508 e. The van der Waals surface area contributed by atoms with E-state index in [-0.39, 0.29) is 11.5 Å². The summed E-state index contributed by atoms with van der Waals surface area (Å²) in [5, 5.41) is 22.9. The summed E-state index contributed by atoms with van der Waals surface area (Å²) in [6.07, 6.45) is 3.95. The number of aromatic hydroxyl groups is 2. The van der Waals surface area contributed by atoms with Gasteiger partial charge in [0.05, 0.1) is 18.0 Å². The number of fused-ring (bicyclic) bond motifs is 2. The third-order valence-electron chi connectivity index (χ3n) is 14.4. The number of phenols is 2. The number of alkyl halides is 1. The lowest BCUT2D eigenvalue weighted by molar-refractivity contribution is 0.183. The minimum atomic E-state index is 0.248. The van der Waals surface area contributed by atoms with Crippen molar-refractivity contribution in [2.45, 2.75) is 59.4 Å². The summed E-state index contributed by atoms with van der Waals surface area (Å²) in [5.41, 5.74) is 13.7. The molecule has 0 spiro atoms. The highest BCUT2D eigenvalue weighted by atomic mass is 79.9. The fraction of sp³-hybridized carbons (Fsp3) is 0.224. The molecule has 9 nitrogen and oxygen atoms in total. The van der Waals surface area contributed by atoms with Crippen LogP contribution in [0.5, 0.6) is 34.5 Å². The van der Waals surface area contributed by atoms with Crippen LogP contribution in [0.4, 0.5) is 0 Å². The highest BCUT2D eigenvalue weighted by Gasteiger charge is 2.20. The van der Waals surface area contributed by atoms with Gasteiger partial charge in [-0.15, -0.1) is 0 Å². The number of aromatic nitrogens is 2. The van der Waals surface area contributed by atoms with Crippen molar-refractivity contribution in [2.24, 2.45) is 0 Å². The van der Waals surface area contributed by atoms with E-state index in [2.05, 4.69) is 147 Å². The molecule has 8 aromatic carbocycles. The van der Waals surface area contributed by atoms with Crippen LogP contribution in [0.2, 0.25) is 0 Å². The minimum absolute atomic E-state index is 0.248. The summed E-state index contributed by atoms with van der Waals surface area (Å²) >= 11 is 3.43. The maximum atomic E-state index is 10.1. The van der Waals surface area contributed by atoms with Crippen LogP contribution in [0.1, 0.15) is 52.6 Å². The van der Waals surface area contributed by atoms with Gasteiger partial charge in [-0.1, -0.05) is 107 Å². The number of phenolic OH excluding ortho intramolecular Hbond substituents is 2. The molecule has 0 unspecified atom stereocenters. The van der Waals surface area contributed by atoms with Crippen LogP contribution >= 0.6 is 15.9 Å². The van der Waals surface area contributed by atoms with Crippen molar-refractivity contribution in [3.8, 4) is 57.0 Å². The van der Waals surface area contributed by atoms with Gasteiger partial charge in [-0.05, 0) is 193 Å². The van der Waals surface area contributed by atoms with E-state index in [9.17, 15) is 10.2 Å². The Morgan fingerprint density at radius 1 is 0.429 bits per heavy atom. The van der Waals surface area contributed by atoms with E-state index in [0.29, 0.717) is 26.4 Å². The molecule has 0 aliphatic carbocycles. The van der Waals surface area contributed by atoms with Crippen molar-refractivity contribution >= 4 is 37.7 Å². The smallest absolute Gasteiger partial charge is 0.120 e. The first-order valence-electron chi connectivity index (χ1n) is 26.7. The van der Waals surface area contributed by atoms with E-state index in [4.69, 9.17) is 18.9 Å². The number of ether oxygens (including phenoxy) is 4. The molecular formula is C67H66BrN3O6. The summed E-state index contributed by atoms with van der Waals surface area (Å²) in [6, 6.07) is 64.9. The van der Waals surface area contributed by atoms with E-state index in [0.717, 1.165) is 92.4 Å². The number of halogens is 1. The first-order valence-corrected chi connectivity index (χ1v) is 27.8. The summed E-state index contributed by atoms with van der Waals surface area (Å²) in [7, 11) is 0. The van der Waals surface area contributed by atoms with Crippen LogP contribution in [0.3, 0.4) is 0 Å². The molecule has 10 heteroatoms. The molecule has 2 N–H and O–H groups in total. The van der Waals surface area contributed by atoms with E-state index in [1.165, 1.54) is 65.6 Å². The molecule has 0 amide bonds.